The van der Waals surface area contributed by atoms with E-state index >= 15 is 0 Å². The maximum absolute atomic E-state index is 5.22. The van der Waals surface area contributed by atoms with Crippen LogP contribution in [0.5, 0.6) is 0 Å². The summed E-state index contributed by atoms with van der Waals surface area (Å²) in [5.74, 6) is 1.14. The normalized spacial score (nSPS) is 18.4. The van der Waals surface area contributed by atoms with E-state index < -0.39 is 0 Å². The maximum atomic E-state index is 5.22. The molecule has 2 aliphatic rings. The first-order valence-corrected chi connectivity index (χ1v) is 11.7. The van der Waals surface area contributed by atoms with Crippen molar-refractivity contribution in [2.24, 2.45) is 0 Å². The fraction of sp³-hybridized carbons (Fsp3) is 0.458. The van der Waals surface area contributed by atoms with Crippen LogP contribution < -0.4 is 5.32 Å². The van der Waals surface area contributed by atoms with Gasteiger partial charge in [0.1, 0.15) is 6.33 Å². The lowest BCUT2D eigenvalue weighted by Gasteiger charge is -2.20. The molecule has 0 unspecified atom stereocenters. The molecule has 3 aromatic rings. The van der Waals surface area contributed by atoms with Crippen LogP contribution in [-0.2, 0) is 0 Å². The summed E-state index contributed by atoms with van der Waals surface area (Å²) in [6.45, 7) is 4.32. The van der Waals surface area contributed by atoms with E-state index in [1.54, 1.807) is 6.33 Å². The third-order valence-electron chi connectivity index (χ3n) is 6.37. The standard InChI is InChI=1S/C24H28N4S/c1-16-5-4-8-19(13-16)21-23(29-24(28-21)18-9-11-25-12-10-18)22-20(14-26-15-27-22)17-6-2-3-7-17/h4-5,8,13-15,17-18,25H,2-3,6-7,9-12H2,1H3. The molecular weight excluding hydrogens is 376 g/mol. The molecule has 1 saturated carbocycles. The predicted octanol–water partition coefficient (Wildman–Crippen LogP) is 5.70. The molecule has 0 spiro atoms. The van der Waals surface area contributed by atoms with E-state index in [9.17, 15) is 0 Å². The molecule has 1 aromatic carbocycles. The molecule has 4 nitrogen and oxygen atoms in total. The fourth-order valence-corrected chi connectivity index (χ4v) is 6.07. The van der Waals surface area contributed by atoms with E-state index in [1.807, 2.05) is 11.3 Å². The monoisotopic (exact) mass is 404 g/mol. The van der Waals surface area contributed by atoms with Crippen molar-refractivity contribution in [3.8, 4) is 21.8 Å². The number of hydrogen-bond acceptors (Lipinski definition) is 5. The van der Waals surface area contributed by atoms with E-state index in [0.717, 1.165) is 24.5 Å². The van der Waals surface area contributed by atoms with Crippen LogP contribution in [0, 0.1) is 6.92 Å². The lowest BCUT2D eigenvalue weighted by atomic mass is 9.95. The Hall–Kier alpha value is -2.11. The SMILES string of the molecule is Cc1cccc(-c2nc(C3CCNCC3)sc2-c2ncncc2C2CCCC2)c1. The molecule has 29 heavy (non-hydrogen) atoms. The molecule has 2 fully saturated rings. The summed E-state index contributed by atoms with van der Waals surface area (Å²) in [5, 5.41) is 4.75. The molecule has 1 aliphatic heterocycles. The van der Waals surface area contributed by atoms with Gasteiger partial charge in [-0.1, -0.05) is 36.6 Å². The van der Waals surface area contributed by atoms with Crippen LogP contribution in [0.15, 0.2) is 36.8 Å². The second-order valence-corrected chi connectivity index (χ2v) is 9.46. The lowest BCUT2D eigenvalue weighted by molar-refractivity contribution is 0.459. The smallest absolute Gasteiger partial charge is 0.116 e. The van der Waals surface area contributed by atoms with Crippen molar-refractivity contribution < 1.29 is 0 Å². The molecule has 3 heterocycles. The highest BCUT2D eigenvalue weighted by Gasteiger charge is 2.27. The summed E-state index contributed by atoms with van der Waals surface area (Å²) >= 11 is 1.86. The molecule has 150 valence electrons. The molecule has 0 bridgehead atoms. The highest BCUT2D eigenvalue weighted by molar-refractivity contribution is 7.15. The molecule has 5 rings (SSSR count). The Labute approximate surface area is 176 Å². The van der Waals surface area contributed by atoms with E-state index in [4.69, 9.17) is 9.97 Å². The number of aryl methyl sites for hydroxylation is 1. The van der Waals surface area contributed by atoms with Crippen molar-refractivity contribution in [2.75, 3.05) is 13.1 Å². The van der Waals surface area contributed by atoms with Crippen LogP contribution >= 0.6 is 11.3 Å². The first-order chi connectivity index (χ1) is 14.3. The van der Waals surface area contributed by atoms with Crippen molar-refractivity contribution in [3.05, 3.63) is 52.9 Å². The van der Waals surface area contributed by atoms with Gasteiger partial charge in [0.2, 0.25) is 0 Å². The fourth-order valence-electron chi connectivity index (χ4n) is 4.79. The maximum Gasteiger partial charge on any atom is 0.116 e. The minimum Gasteiger partial charge on any atom is -0.317 e. The highest BCUT2D eigenvalue weighted by Crippen LogP contribution is 2.44. The van der Waals surface area contributed by atoms with Crippen molar-refractivity contribution in [3.63, 3.8) is 0 Å². The second-order valence-electron chi connectivity index (χ2n) is 8.43. The van der Waals surface area contributed by atoms with Crippen LogP contribution in [0.1, 0.15) is 66.5 Å². The Bertz CT molecular complexity index is 984. The molecule has 0 amide bonds. The highest BCUT2D eigenvalue weighted by atomic mass is 32.1. The molecule has 1 aliphatic carbocycles. The van der Waals surface area contributed by atoms with Gasteiger partial charge >= 0.3 is 0 Å². The lowest BCUT2D eigenvalue weighted by Crippen LogP contribution is -2.26. The average Bonchev–Trinajstić information content (AvgIpc) is 3.45. The molecule has 0 atom stereocenters. The van der Waals surface area contributed by atoms with Crippen molar-refractivity contribution >= 4 is 11.3 Å². The van der Waals surface area contributed by atoms with Gasteiger partial charge in [-0.15, -0.1) is 11.3 Å². The van der Waals surface area contributed by atoms with Gasteiger partial charge in [-0.05, 0) is 57.7 Å². The van der Waals surface area contributed by atoms with E-state index in [1.165, 1.54) is 65.1 Å². The summed E-state index contributed by atoms with van der Waals surface area (Å²) in [4.78, 5) is 15.7. The van der Waals surface area contributed by atoms with Crippen molar-refractivity contribution in [2.45, 2.75) is 57.3 Å². The minimum atomic E-state index is 0.551. The van der Waals surface area contributed by atoms with E-state index in [-0.39, 0.29) is 0 Å². The van der Waals surface area contributed by atoms with Gasteiger partial charge < -0.3 is 5.32 Å². The third-order valence-corrected chi connectivity index (χ3v) is 7.60. The Kier molecular flexibility index (Phi) is 5.42. The summed E-state index contributed by atoms with van der Waals surface area (Å²) in [6.07, 6.45) is 11.2. The molecule has 1 N–H and O–H groups in total. The van der Waals surface area contributed by atoms with E-state index in [2.05, 4.69) is 47.7 Å². The number of rotatable bonds is 4. The van der Waals surface area contributed by atoms with Gasteiger partial charge in [0.15, 0.2) is 0 Å². The van der Waals surface area contributed by atoms with Crippen LogP contribution in [0.3, 0.4) is 0 Å². The van der Waals surface area contributed by atoms with Crippen molar-refractivity contribution in [1.82, 2.24) is 20.3 Å². The quantitative estimate of drug-likeness (QED) is 0.606. The van der Waals surface area contributed by atoms with Crippen LogP contribution in [0.2, 0.25) is 0 Å². The van der Waals surface area contributed by atoms with Crippen LogP contribution in [0.4, 0.5) is 0 Å². The zero-order chi connectivity index (χ0) is 19.6. The number of nitrogens with one attached hydrogen (secondary N) is 1. The number of aromatic nitrogens is 3. The van der Waals surface area contributed by atoms with Gasteiger partial charge in [0, 0.05) is 23.2 Å². The van der Waals surface area contributed by atoms with Crippen LogP contribution in [0.25, 0.3) is 21.8 Å². The Morgan fingerprint density at radius 1 is 1.00 bits per heavy atom. The minimum absolute atomic E-state index is 0.551. The largest absolute Gasteiger partial charge is 0.317 e. The zero-order valence-electron chi connectivity index (χ0n) is 17.0. The first-order valence-electron chi connectivity index (χ1n) is 10.9. The van der Waals surface area contributed by atoms with E-state index in [0.29, 0.717) is 11.8 Å². The average molecular weight is 405 g/mol. The Morgan fingerprint density at radius 3 is 2.62 bits per heavy atom. The molecule has 0 radical (unpaired) electrons. The molecule has 1 saturated heterocycles. The zero-order valence-corrected chi connectivity index (χ0v) is 17.8. The molecule has 5 heteroatoms. The summed E-state index contributed by atoms with van der Waals surface area (Å²) < 4.78 is 0. The van der Waals surface area contributed by atoms with Crippen LogP contribution in [-0.4, -0.2) is 28.0 Å². The van der Waals surface area contributed by atoms with Gasteiger partial charge in [-0.25, -0.2) is 15.0 Å². The topological polar surface area (TPSA) is 50.7 Å². The van der Waals surface area contributed by atoms with Gasteiger partial charge in [0.25, 0.3) is 0 Å². The first kappa shape index (κ1) is 18.9. The summed E-state index contributed by atoms with van der Waals surface area (Å²) in [5.41, 5.74) is 6.00. The van der Waals surface area contributed by atoms with Gasteiger partial charge in [-0.2, -0.15) is 0 Å². The third kappa shape index (κ3) is 3.86. The summed E-state index contributed by atoms with van der Waals surface area (Å²) in [6, 6.07) is 8.73. The molecular formula is C24H28N4S. The van der Waals surface area contributed by atoms with Gasteiger partial charge in [-0.3, -0.25) is 0 Å². The number of nitrogens with zero attached hydrogens (tertiary/aromatic N) is 3. The predicted molar refractivity (Wildman–Crippen MR) is 119 cm³/mol. The summed E-state index contributed by atoms with van der Waals surface area (Å²) in [7, 11) is 0. The Morgan fingerprint density at radius 2 is 1.83 bits per heavy atom. The number of thiazole rings is 1. The van der Waals surface area contributed by atoms with Gasteiger partial charge in [0.05, 0.1) is 21.3 Å². The molecule has 2 aromatic heterocycles. The Balaban J connectivity index is 1.64. The number of piperidine rings is 1. The second kappa shape index (κ2) is 8.33. The van der Waals surface area contributed by atoms with Crippen molar-refractivity contribution in [1.29, 1.82) is 0 Å². The number of hydrogen-bond donors (Lipinski definition) is 1. The number of benzene rings is 1.